The van der Waals surface area contributed by atoms with Gasteiger partial charge in [-0.15, -0.1) is 11.8 Å². The van der Waals surface area contributed by atoms with Gasteiger partial charge in [-0.2, -0.15) is 0 Å². The third kappa shape index (κ3) is 4.80. The van der Waals surface area contributed by atoms with Crippen molar-refractivity contribution in [3.63, 3.8) is 0 Å². The van der Waals surface area contributed by atoms with E-state index in [-0.39, 0.29) is 18.1 Å². The zero-order valence-corrected chi connectivity index (χ0v) is 15.7. The second kappa shape index (κ2) is 8.75. The summed E-state index contributed by atoms with van der Waals surface area (Å²) in [4.78, 5) is 37.1. The fraction of sp³-hybridized carbons (Fsp3) is 0.211. The predicted molar refractivity (Wildman–Crippen MR) is 102 cm³/mol. The van der Waals surface area contributed by atoms with Crippen LogP contribution in [0.1, 0.15) is 13.3 Å². The Labute approximate surface area is 165 Å². The number of hydrogen-bond acceptors (Lipinski definition) is 5. The van der Waals surface area contributed by atoms with Gasteiger partial charge in [-0.25, -0.2) is 4.39 Å². The van der Waals surface area contributed by atoms with E-state index in [2.05, 4.69) is 16.2 Å². The van der Waals surface area contributed by atoms with Crippen molar-refractivity contribution in [3.05, 3.63) is 54.3 Å². The maximum absolute atomic E-state index is 13.6. The molecule has 0 radical (unpaired) electrons. The molecule has 1 heterocycles. The van der Waals surface area contributed by atoms with Crippen LogP contribution >= 0.6 is 11.8 Å². The van der Waals surface area contributed by atoms with Gasteiger partial charge in [0.15, 0.2) is 17.7 Å². The normalized spacial score (nSPS) is 16.4. The average molecular weight is 403 g/mol. The van der Waals surface area contributed by atoms with E-state index in [4.69, 9.17) is 4.74 Å². The SMILES string of the molecule is CC(Oc1ccccc1F)C(=O)NNC(=O)CC1Sc2ccccc2NC1=O. The largest absolute Gasteiger partial charge is 0.478 e. The Morgan fingerprint density at radius 1 is 1.18 bits per heavy atom. The van der Waals surface area contributed by atoms with Crippen molar-refractivity contribution < 1.29 is 23.5 Å². The van der Waals surface area contributed by atoms with Crippen LogP contribution in [0.5, 0.6) is 5.75 Å². The molecule has 0 saturated heterocycles. The average Bonchev–Trinajstić information content (AvgIpc) is 2.68. The summed E-state index contributed by atoms with van der Waals surface area (Å²) in [7, 11) is 0. The topological polar surface area (TPSA) is 96.5 Å². The molecule has 2 atom stereocenters. The van der Waals surface area contributed by atoms with Gasteiger partial charge in [-0.05, 0) is 31.2 Å². The van der Waals surface area contributed by atoms with Gasteiger partial charge in [0.1, 0.15) is 0 Å². The molecular formula is C19H18FN3O4S. The van der Waals surface area contributed by atoms with Crippen LogP contribution in [0.15, 0.2) is 53.4 Å². The van der Waals surface area contributed by atoms with Crippen LogP contribution in [0.4, 0.5) is 10.1 Å². The van der Waals surface area contributed by atoms with Crippen LogP contribution in [0.25, 0.3) is 0 Å². The Morgan fingerprint density at radius 2 is 1.89 bits per heavy atom. The summed E-state index contributed by atoms with van der Waals surface area (Å²) in [5.74, 6) is -2.11. The molecule has 1 aliphatic heterocycles. The van der Waals surface area contributed by atoms with Gasteiger partial charge < -0.3 is 10.1 Å². The van der Waals surface area contributed by atoms with E-state index >= 15 is 0 Å². The highest BCUT2D eigenvalue weighted by atomic mass is 32.2. The lowest BCUT2D eigenvalue weighted by Crippen LogP contribution is -2.48. The van der Waals surface area contributed by atoms with Gasteiger partial charge in [0, 0.05) is 11.3 Å². The first kappa shape index (κ1) is 19.7. The first-order valence-corrected chi connectivity index (χ1v) is 9.38. The van der Waals surface area contributed by atoms with E-state index < -0.39 is 29.0 Å². The minimum absolute atomic E-state index is 0.0644. The van der Waals surface area contributed by atoms with E-state index in [1.165, 1.54) is 36.9 Å². The molecule has 2 aromatic rings. The number of halogens is 1. The van der Waals surface area contributed by atoms with Gasteiger partial charge in [0.05, 0.1) is 10.9 Å². The number of ether oxygens (including phenoxy) is 1. The van der Waals surface area contributed by atoms with Crippen LogP contribution in [0.3, 0.4) is 0 Å². The van der Waals surface area contributed by atoms with Crippen molar-refractivity contribution in [1.82, 2.24) is 10.9 Å². The summed E-state index contributed by atoms with van der Waals surface area (Å²) in [6, 6.07) is 13.0. The zero-order chi connectivity index (χ0) is 20.1. The molecule has 146 valence electrons. The number of nitrogens with one attached hydrogen (secondary N) is 3. The number of hydrogen-bond donors (Lipinski definition) is 3. The van der Waals surface area contributed by atoms with E-state index in [0.717, 1.165) is 4.90 Å². The molecule has 3 rings (SSSR count). The number of rotatable bonds is 5. The Bertz CT molecular complexity index is 908. The second-order valence-electron chi connectivity index (χ2n) is 6.02. The lowest BCUT2D eigenvalue weighted by atomic mass is 10.2. The minimum Gasteiger partial charge on any atom is -0.478 e. The predicted octanol–water partition coefficient (Wildman–Crippen LogP) is 2.24. The van der Waals surface area contributed by atoms with Crippen molar-refractivity contribution in [2.24, 2.45) is 0 Å². The second-order valence-corrected chi connectivity index (χ2v) is 7.27. The van der Waals surface area contributed by atoms with Gasteiger partial charge >= 0.3 is 0 Å². The minimum atomic E-state index is -1.03. The molecule has 9 heteroatoms. The molecule has 1 aliphatic rings. The van der Waals surface area contributed by atoms with E-state index in [1.807, 2.05) is 18.2 Å². The van der Waals surface area contributed by atoms with Crippen LogP contribution in [0, 0.1) is 5.82 Å². The molecule has 3 N–H and O–H groups in total. The van der Waals surface area contributed by atoms with Gasteiger partial charge in [0.2, 0.25) is 11.8 Å². The summed E-state index contributed by atoms with van der Waals surface area (Å²) >= 11 is 1.29. The number of hydrazine groups is 1. The number of fused-ring (bicyclic) bond motifs is 1. The van der Waals surface area contributed by atoms with Crippen molar-refractivity contribution in [1.29, 1.82) is 0 Å². The summed E-state index contributed by atoms with van der Waals surface area (Å²) < 4.78 is 18.8. The first-order chi connectivity index (χ1) is 13.4. The molecule has 3 amide bonds. The molecule has 0 fully saturated rings. The molecular weight excluding hydrogens is 385 g/mol. The molecule has 0 spiro atoms. The Morgan fingerprint density at radius 3 is 2.68 bits per heavy atom. The van der Waals surface area contributed by atoms with Crippen molar-refractivity contribution in [2.45, 2.75) is 29.6 Å². The highest BCUT2D eigenvalue weighted by Gasteiger charge is 2.29. The van der Waals surface area contributed by atoms with E-state index in [9.17, 15) is 18.8 Å². The summed E-state index contributed by atoms with van der Waals surface area (Å²) in [5.41, 5.74) is 5.18. The quantitative estimate of drug-likeness (QED) is 0.666. The van der Waals surface area contributed by atoms with Gasteiger partial charge in [0.25, 0.3) is 5.91 Å². The Hall–Kier alpha value is -3.07. The van der Waals surface area contributed by atoms with Crippen molar-refractivity contribution in [2.75, 3.05) is 5.32 Å². The molecule has 2 aromatic carbocycles. The van der Waals surface area contributed by atoms with Gasteiger partial charge in [-0.1, -0.05) is 24.3 Å². The standard InChI is InChI=1S/C19H18FN3O4S/c1-11(27-14-8-4-2-6-12(14)20)18(25)23-22-17(24)10-16-19(26)21-13-7-3-5-9-15(13)28-16/h2-9,11,16H,10H2,1H3,(H,21,26)(H,22,24)(H,23,25). The molecule has 2 unspecified atom stereocenters. The zero-order valence-electron chi connectivity index (χ0n) is 14.9. The highest BCUT2D eigenvalue weighted by Crippen LogP contribution is 2.36. The molecule has 0 saturated carbocycles. The lowest BCUT2D eigenvalue weighted by Gasteiger charge is -2.23. The molecule has 0 aromatic heterocycles. The third-order valence-corrected chi connectivity index (χ3v) is 5.19. The molecule has 7 nitrogen and oxygen atoms in total. The molecule has 28 heavy (non-hydrogen) atoms. The monoisotopic (exact) mass is 403 g/mol. The third-order valence-electron chi connectivity index (χ3n) is 3.91. The maximum Gasteiger partial charge on any atom is 0.279 e. The summed E-state index contributed by atoms with van der Waals surface area (Å²) in [6.07, 6.45) is -1.15. The summed E-state index contributed by atoms with van der Waals surface area (Å²) in [6.45, 7) is 1.43. The van der Waals surface area contributed by atoms with Crippen LogP contribution < -0.4 is 20.9 Å². The van der Waals surface area contributed by atoms with E-state index in [0.29, 0.717) is 5.69 Å². The number of anilines is 1. The fourth-order valence-electron chi connectivity index (χ4n) is 2.46. The van der Waals surface area contributed by atoms with Crippen LogP contribution in [0.2, 0.25) is 0 Å². The number of amides is 3. The Kier molecular flexibility index (Phi) is 6.15. The smallest absolute Gasteiger partial charge is 0.279 e. The number of carbonyl (C=O) groups excluding carboxylic acids is 3. The first-order valence-electron chi connectivity index (χ1n) is 8.50. The lowest BCUT2D eigenvalue weighted by molar-refractivity contribution is -0.133. The van der Waals surface area contributed by atoms with Crippen LogP contribution in [-0.4, -0.2) is 29.1 Å². The fourth-order valence-corrected chi connectivity index (χ4v) is 3.57. The molecule has 0 aliphatic carbocycles. The number of benzene rings is 2. The number of carbonyl (C=O) groups is 3. The number of para-hydroxylation sites is 2. The highest BCUT2D eigenvalue weighted by molar-refractivity contribution is 8.01. The molecule has 0 bridgehead atoms. The Balaban J connectivity index is 1.48. The van der Waals surface area contributed by atoms with Crippen molar-refractivity contribution in [3.8, 4) is 5.75 Å². The van der Waals surface area contributed by atoms with Gasteiger partial charge in [-0.3, -0.25) is 25.2 Å². The van der Waals surface area contributed by atoms with E-state index in [1.54, 1.807) is 12.1 Å². The number of thioether (sulfide) groups is 1. The van der Waals surface area contributed by atoms with Crippen LogP contribution in [-0.2, 0) is 14.4 Å². The van der Waals surface area contributed by atoms with Crippen molar-refractivity contribution >= 4 is 35.2 Å². The summed E-state index contributed by atoms with van der Waals surface area (Å²) in [5, 5.41) is 2.14. The maximum atomic E-state index is 13.6.